The lowest BCUT2D eigenvalue weighted by Crippen LogP contribution is -2.38. The van der Waals surface area contributed by atoms with Crippen molar-refractivity contribution in [1.82, 2.24) is 0 Å². The van der Waals surface area contributed by atoms with Crippen LogP contribution in [-0.2, 0) is 9.59 Å². The molecule has 0 radical (unpaired) electrons. The van der Waals surface area contributed by atoms with Crippen molar-refractivity contribution in [2.45, 2.75) is 39.5 Å². The zero-order valence-electron chi connectivity index (χ0n) is 11.9. The van der Waals surface area contributed by atoms with Gasteiger partial charge in [0.25, 0.3) is 0 Å². The third kappa shape index (κ3) is 4.27. The van der Waals surface area contributed by atoms with Gasteiger partial charge in [0.05, 0.1) is 4.88 Å². The molecule has 1 aromatic heterocycles. The Balaban J connectivity index is 2.97. The molecule has 0 spiro atoms. The summed E-state index contributed by atoms with van der Waals surface area (Å²) < 4.78 is 0. The molecule has 1 amide bonds. The molecule has 0 aliphatic heterocycles. The van der Waals surface area contributed by atoms with Gasteiger partial charge in [-0.1, -0.05) is 32.3 Å². The second-order valence-corrected chi connectivity index (χ2v) is 5.88. The van der Waals surface area contributed by atoms with E-state index in [0.717, 1.165) is 19.3 Å². The Morgan fingerprint density at radius 2 is 2.00 bits per heavy atom. The van der Waals surface area contributed by atoms with E-state index in [1.165, 1.54) is 18.3 Å². The van der Waals surface area contributed by atoms with E-state index in [2.05, 4.69) is 6.92 Å². The highest BCUT2D eigenvalue weighted by Crippen LogP contribution is 2.26. The monoisotopic (exact) mass is 295 g/mol. The van der Waals surface area contributed by atoms with Gasteiger partial charge in [-0.25, -0.2) is 0 Å². The maximum Gasteiger partial charge on any atom is 0.228 e. The summed E-state index contributed by atoms with van der Waals surface area (Å²) in [5.41, 5.74) is 5.33. The Kier molecular flexibility index (Phi) is 6.58. The van der Waals surface area contributed by atoms with Gasteiger partial charge in [0.15, 0.2) is 5.78 Å². The lowest BCUT2D eigenvalue weighted by Gasteiger charge is -2.21. The van der Waals surface area contributed by atoms with E-state index in [9.17, 15) is 14.4 Å². The maximum atomic E-state index is 12.5. The molecule has 2 unspecified atom stereocenters. The Bertz CT molecular complexity index is 453. The minimum absolute atomic E-state index is 0.143. The van der Waals surface area contributed by atoms with Crippen LogP contribution in [0.5, 0.6) is 0 Å². The molecule has 4 nitrogen and oxygen atoms in total. The first-order chi connectivity index (χ1) is 9.49. The molecule has 20 heavy (non-hydrogen) atoms. The largest absolute Gasteiger partial charge is 0.369 e. The molecule has 0 fully saturated rings. The topological polar surface area (TPSA) is 77.2 Å². The third-order valence-electron chi connectivity index (χ3n) is 3.37. The number of carbonyl (C=O) groups is 3. The second-order valence-electron chi connectivity index (χ2n) is 4.93. The van der Waals surface area contributed by atoms with E-state index in [4.69, 9.17) is 5.73 Å². The number of primary amides is 1. The Labute approximate surface area is 123 Å². The molecule has 1 heterocycles. The van der Waals surface area contributed by atoms with Gasteiger partial charge in [-0.05, 0) is 24.8 Å². The number of nitrogens with two attached hydrogens (primary N) is 1. The average molecular weight is 295 g/mol. The summed E-state index contributed by atoms with van der Waals surface area (Å²) in [6, 6.07) is 3.51. The predicted octanol–water partition coefficient (Wildman–Crippen LogP) is 2.82. The van der Waals surface area contributed by atoms with Crippen LogP contribution in [0.4, 0.5) is 0 Å². The molecular weight excluding hydrogens is 274 g/mol. The molecule has 0 aromatic carbocycles. The predicted molar refractivity (Wildman–Crippen MR) is 79.6 cm³/mol. The standard InChI is InChI=1S/C15H21NO3S/c1-3-4-5-7-11(13(10(2)17)15(16)19)14(18)12-8-6-9-20-12/h6,8-9,11,13H,3-5,7H2,1-2H3,(H2,16,19). The first-order valence-corrected chi connectivity index (χ1v) is 7.74. The Hall–Kier alpha value is -1.49. The zero-order chi connectivity index (χ0) is 15.1. The number of ketones is 2. The van der Waals surface area contributed by atoms with Gasteiger partial charge >= 0.3 is 0 Å². The van der Waals surface area contributed by atoms with Crippen LogP contribution >= 0.6 is 11.3 Å². The number of hydrogen-bond donors (Lipinski definition) is 1. The lowest BCUT2D eigenvalue weighted by atomic mass is 9.81. The number of rotatable bonds is 9. The number of amides is 1. The van der Waals surface area contributed by atoms with E-state index in [0.29, 0.717) is 11.3 Å². The molecule has 0 saturated heterocycles. The van der Waals surface area contributed by atoms with Crippen molar-refractivity contribution in [1.29, 1.82) is 0 Å². The molecule has 0 saturated carbocycles. The van der Waals surface area contributed by atoms with Crippen LogP contribution in [0.2, 0.25) is 0 Å². The fourth-order valence-corrected chi connectivity index (χ4v) is 3.08. The van der Waals surface area contributed by atoms with Gasteiger partial charge in [0.2, 0.25) is 5.91 Å². The van der Waals surface area contributed by atoms with E-state index in [1.54, 1.807) is 12.1 Å². The van der Waals surface area contributed by atoms with Crippen LogP contribution in [0.15, 0.2) is 17.5 Å². The fraction of sp³-hybridized carbons (Fsp3) is 0.533. The van der Waals surface area contributed by atoms with Crippen molar-refractivity contribution >= 4 is 28.8 Å². The van der Waals surface area contributed by atoms with E-state index >= 15 is 0 Å². The van der Waals surface area contributed by atoms with Gasteiger partial charge in [-0.2, -0.15) is 0 Å². The van der Waals surface area contributed by atoms with E-state index in [-0.39, 0.29) is 11.6 Å². The molecule has 0 aliphatic carbocycles. The van der Waals surface area contributed by atoms with Crippen molar-refractivity contribution in [3.05, 3.63) is 22.4 Å². The minimum Gasteiger partial charge on any atom is -0.369 e. The van der Waals surface area contributed by atoms with Gasteiger partial charge in [-0.3, -0.25) is 14.4 Å². The summed E-state index contributed by atoms with van der Waals surface area (Å²) >= 11 is 1.33. The summed E-state index contributed by atoms with van der Waals surface area (Å²) in [6.07, 6.45) is 3.33. The van der Waals surface area contributed by atoms with Crippen molar-refractivity contribution in [2.24, 2.45) is 17.6 Å². The molecule has 1 rings (SSSR count). The summed E-state index contributed by atoms with van der Waals surface area (Å²) in [4.78, 5) is 36.3. The molecule has 2 atom stereocenters. The van der Waals surface area contributed by atoms with Crippen LogP contribution in [0.1, 0.15) is 49.2 Å². The summed E-state index contributed by atoms with van der Waals surface area (Å²) in [6.45, 7) is 3.39. The molecular formula is C15H21NO3S. The fourth-order valence-electron chi connectivity index (χ4n) is 2.35. The maximum absolute atomic E-state index is 12.5. The molecule has 5 heteroatoms. The lowest BCUT2D eigenvalue weighted by molar-refractivity contribution is -0.132. The molecule has 110 valence electrons. The van der Waals surface area contributed by atoms with Gasteiger partial charge in [-0.15, -0.1) is 11.3 Å². The summed E-state index contributed by atoms with van der Waals surface area (Å²) in [5.74, 6) is -2.82. The highest BCUT2D eigenvalue weighted by molar-refractivity contribution is 7.12. The minimum atomic E-state index is -1.01. The first-order valence-electron chi connectivity index (χ1n) is 6.86. The van der Waals surface area contributed by atoms with Gasteiger partial charge in [0, 0.05) is 5.92 Å². The summed E-state index contributed by atoms with van der Waals surface area (Å²) in [5, 5.41) is 1.81. The zero-order valence-corrected chi connectivity index (χ0v) is 12.7. The molecule has 0 aliphatic rings. The third-order valence-corrected chi connectivity index (χ3v) is 4.25. The van der Waals surface area contributed by atoms with Crippen LogP contribution in [0.25, 0.3) is 0 Å². The van der Waals surface area contributed by atoms with Crippen LogP contribution in [0.3, 0.4) is 0 Å². The number of thiophene rings is 1. The number of carbonyl (C=O) groups excluding carboxylic acids is 3. The number of Topliss-reactive ketones (excluding diaryl/α,β-unsaturated/α-hetero) is 2. The molecule has 1 aromatic rings. The van der Waals surface area contributed by atoms with Crippen LogP contribution < -0.4 is 5.73 Å². The smallest absolute Gasteiger partial charge is 0.228 e. The highest BCUT2D eigenvalue weighted by Gasteiger charge is 2.36. The van der Waals surface area contributed by atoms with Gasteiger partial charge < -0.3 is 5.73 Å². The van der Waals surface area contributed by atoms with E-state index < -0.39 is 17.7 Å². The molecule has 0 bridgehead atoms. The van der Waals surface area contributed by atoms with E-state index in [1.807, 2.05) is 5.38 Å². The average Bonchev–Trinajstić information content (AvgIpc) is 2.89. The first kappa shape index (κ1) is 16.6. The van der Waals surface area contributed by atoms with Crippen molar-refractivity contribution < 1.29 is 14.4 Å². The van der Waals surface area contributed by atoms with Crippen LogP contribution in [0, 0.1) is 11.8 Å². The van der Waals surface area contributed by atoms with Crippen molar-refractivity contribution in [3.63, 3.8) is 0 Å². The van der Waals surface area contributed by atoms with Crippen molar-refractivity contribution in [2.75, 3.05) is 0 Å². The quantitative estimate of drug-likeness (QED) is 0.432. The number of hydrogen-bond acceptors (Lipinski definition) is 4. The second kappa shape index (κ2) is 7.94. The van der Waals surface area contributed by atoms with Crippen LogP contribution in [-0.4, -0.2) is 17.5 Å². The Morgan fingerprint density at radius 1 is 1.30 bits per heavy atom. The van der Waals surface area contributed by atoms with Crippen molar-refractivity contribution in [3.8, 4) is 0 Å². The highest BCUT2D eigenvalue weighted by atomic mass is 32.1. The number of unbranched alkanes of at least 4 members (excludes halogenated alkanes) is 2. The normalized spacial score (nSPS) is 13.7. The van der Waals surface area contributed by atoms with Gasteiger partial charge in [0.1, 0.15) is 11.7 Å². The Morgan fingerprint density at radius 3 is 2.45 bits per heavy atom. The SMILES string of the molecule is CCCCCC(C(=O)c1cccs1)C(C(C)=O)C(N)=O. The summed E-state index contributed by atoms with van der Waals surface area (Å²) in [7, 11) is 0. The molecule has 2 N–H and O–H groups in total.